The van der Waals surface area contributed by atoms with Gasteiger partial charge in [0.2, 0.25) is 0 Å². The fourth-order valence-electron chi connectivity index (χ4n) is 11.6. The Morgan fingerprint density at radius 3 is 0.716 bits per heavy atom. The quantitative estimate of drug-likeness (QED) is 0.0222. The number of rotatable bonds is 74. The highest BCUT2D eigenvalue weighted by Crippen LogP contribution is 2.45. The summed E-state index contributed by atoms with van der Waals surface area (Å²) >= 11 is 0. The van der Waals surface area contributed by atoms with Crippen molar-refractivity contribution in [2.45, 2.75) is 407 Å². The molecule has 0 radical (unpaired) electrons. The maximum absolute atomic E-state index is 13.1. The maximum atomic E-state index is 13.1. The van der Waals surface area contributed by atoms with Gasteiger partial charge in [-0.05, 0) is 43.4 Å². The smallest absolute Gasteiger partial charge is 0.462 e. The van der Waals surface area contributed by atoms with Gasteiger partial charge in [0.1, 0.15) is 19.3 Å². The van der Waals surface area contributed by atoms with Gasteiger partial charge in [0.15, 0.2) is 12.2 Å². The van der Waals surface area contributed by atoms with Crippen molar-refractivity contribution in [3.63, 3.8) is 0 Å². The molecule has 2 unspecified atom stereocenters. The van der Waals surface area contributed by atoms with Crippen LogP contribution in [0.3, 0.4) is 0 Å². The highest BCUT2D eigenvalue weighted by molar-refractivity contribution is 7.47. The molecule has 0 saturated heterocycles. The average molecular weight is 1400 g/mol. The predicted octanol–water partition coefficient (Wildman–Crippen LogP) is 22.2. The first-order valence-electron chi connectivity index (χ1n) is 39.3. The monoisotopic (exact) mass is 1400 g/mol. The summed E-state index contributed by atoms with van der Waals surface area (Å²) in [5.74, 6) is 0.249. The van der Waals surface area contributed by atoms with Crippen LogP contribution in [-0.4, -0.2) is 96.7 Å². The molecule has 95 heavy (non-hydrogen) atoms. The second-order valence-corrected chi connectivity index (χ2v) is 31.7. The van der Waals surface area contributed by atoms with Crippen LogP contribution in [0.2, 0.25) is 0 Å². The van der Waals surface area contributed by atoms with Gasteiger partial charge in [-0.25, -0.2) is 9.13 Å². The molecule has 0 aromatic carbocycles. The van der Waals surface area contributed by atoms with Crippen molar-refractivity contribution in [3.05, 3.63) is 0 Å². The molecule has 0 aliphatic heterocycles. The Bertz CT molecular complexity index is 1850. The van der Waals surface area contributed by atoms with E-state index < -0.39 is 97.5 Å². The van der Waals surface area contributed by atoms with E-state index in [4.69, 9.17) is 37.0 Å². The van der Waals surface area contributed by atoms with Gasteiger partial charge in [-0.1, -0.05) is 337 Å². The summed E-state index contributed by atoms with van der Waals surface area (Å²) in [6.45, 7) is 11.9. The first-order valence-corrected chi connectivity index (χ1v) is 42.3. The largest absolute Gasteiger partial charge is 0.472 e. The van der Waals surface area contributed by atoms with Gasteiger partial charge in [-0.15, -0.1) is 0 Å². The summed E-state index contributed by atoms with van der Waals surface area (Å²) in [6, 6.07) is 0. The molecule has 3 N–H and O–H groups in total. The van der Waals surface area contributed by atoms with Crippen LogP contribution in [0.1, 0.15) is 389 Å². The van der Waals surface area contributed by atoms with E-state index in [1.165, 1.54) is 193 Å². The van der Waals surface area contributed by atoms with E-state index in [-0.39, 0.29) is 25.7 Å². The van der Waals surface area contributed by atoms with Crippen LogP contribution in [0.25, 0.3) is 0 Å². The molecular formula is C76H148O17P2. The molecule has 0 bridgehead atoms. The van der Waals surface area contributed by atoms with Crippen molar-refractivity contribution in [1.29, 1.82) is 0 Å². The van der Waals surface area contributed by atoms with E-state index in [0.717, 1.165) is 114 Å². The van der Waals surface area contributed by atoms with Crippen LogP contribution in [-0.2, 0) is 65.4 Å². The molecule has 0 aromatic rings. The van der Waals surface area contributed by atoms with E-state index in [1.807, 2.05) is 0 Å². The summed E-state index contributed by atoms with van der Waals surface area (Å²) < 4.78 is 68.3. The van der Waals surface area contributed by atoms with Gasteiger partial charge in [0.05, 0.1) is 26.4 Å². The van der Waals surface area contributed by atoms with Crippen molar-refractivity contribution in [1.82, 2.24) is 0 Å². The molecule has 0 aromatic heterocycles. The van der Waals surface area contributed by atoms with Gasteiger partial charge in [0, 0.05) is 25.7 Å². The van der Waals surface area contributed by atoms with Gasteiger partial charge < -0.3 is 33.8 Å². The lowest BCUT2D eigenvalue weighted by Gasteiger charge is -2.21. The number of phosphoric acid groups is 2. The van der Waals surface area contributed by atoms with Crippen LogP contribution in [0.15, 0.2) is 0 Å². The highest BCUT2D eigenvalue weighted by atomic mass is 31.2. The van der Waals surface area contributed by atoms with Crippen LogP contribution in [0.5, 0.6) is 0 Å². The minimum absolute atomic E-state index is 0.106. The minimum atomic E-state index is -4.96. The van der Waals surface area contributed by atoms with E-state index in [2.05, 4.69) is 48.5 Å². The molecule has 0 fully saturated rings. The minimum Gasteiger partial charge on any atom is -0.462 e. The van der Waals surface area contributed by atoms with Crippen molar-refractivity contribution in [2.24, 2.45) is 17.8 Å². The van der Waals surface area contributed by atoms with Gasteiger partial charge in [0.25, 0.3) is 0 Å². The zero-order valence-corrected chi connectivity index (χ0v) is 63.9. The van der Waals surface area contributed by atoms with E-state index in [1.54, 1.807) is 0 Å². The first kappa shape index (κ1) is 93.1. The lowest BCUT2D eigenvalue weighted by Crippen LogP contribution is -2.30. The molecule has 0 aliphatic carbocycles. The van der Waals surface area contributed by atoms with E-state index >= 15 is 0 Å². The number of aliphatic hydroxyl groups is 1. The zero-order valence-electron chi connectivity index (χ0n) is 62.1. The first-order chi connectivity index (χ1) is 45.7. The second kappa shape index (κ2) is 66.6. The number of hydrogen-bond donors (Lipinski definition) is 3. The van der Waals surface area contributed by atoms with Gasteiger partial charge in [-0.3, -0.25) is 37.3 Å². The Labute approximate surface area is 581 Å². The van der Waals surface area contributed by atoms with Crippen molar-refractivity contribution in [3.8, 4) is 0 Å². The molecule has 0 aliphatic rings. The van der Waals surface area contributed by atoms with E-state index in [0.29, 0.717) is 25.7 Å². The van der Waals surface area contributed by atoms with Gasteiger partial charge >= 0.3 is 39.5 Å². The number of carbonyl (C=O) groups is 4. The molecule has 17 nitrogen and oxygen atoms in total. The molecule has 5 atom stereocenters. The van der Waals surface area contributed by atoms with Crippen LogP contribution >= 0.6 is 15.6 Å². The number of esters is 4. The molecule has 0 amide bonds. The summed E-state index contributed by atoms with van der Waals surface area (Å²) in [7, 11) is -9.90. The van der Waals surface area contributed by atoms with Crippen LogP contribution in [0, 0.1) is 17.8 Å². The zero-order chi connectivity index (χ0) is 70.1. The SMILES string of the molecule is CCCCCCCC(=O)OC[C@H](COP(=O)(O)OC[C@H](O)COP(=O)(O)OC[C@@H](COC(=O)CCCCCCCCCCCCCCCC(C)C)OC(=O)CCCCCCCCCCCCCCCCCCC(C)C)OC(=O)CCCCCCCCCCCCCCC(C)C. The molecule has 0 saturated carbocycles. The standard InChI is InChI=1S/C76H148O17P2/c1-8-9-10-40-50-57-73(78)86-63-71(92-75(80)59-53-46-39-33-27-21-20-24-30-36-43-49-56-69(6)7)65-90-94(82,83)88-61-70(77)62-89-95(84,85)91-66-72(64-87-74(79)58-51-44-37-31-25-19-15-17-23-29-35-42-48-55-68(4)5)93-76(81)60-52-45-38-32-26-18-14-12-11-13-16-22-28-34-41-47-54-67(2)3/h67-72,77H,8-66H2,1-7H3,(H,82,83)(H,84,85)/t70-,71+,72+/m0/s1. The number of ether oxygens (including phenoxy) is 4. The molecule has 564 valence electrons. The molecular weight excluding hydrogens is 1250 g/mol. The van der Waals surface area contributed by atoms with E-state index in [9.17, 15) is 43.2 Å². The second-order valence-electron chi connectivity index (χ2n) is 28.8. The molecule has 0 rings (SSSR count). The summed E-state index contributed by atoms with van der Waals surface area (Å²) in [5.41, 5.74) is 0. The van der Waals surface area contributed by atoms with Crippen molar-refractivity contribution >= 4 is 39.5 Å². The number of unbranched alkanes of at least 4 members (excludes halogenated alkanes) is 42. The topological polar surface area (TPSA) is 237 Å². The molecule has 0 heterocycles. The summed E-state index contributed by atoms with van der Waals surface area (Å²) in [6.07, 6.45) is 53.1. The Morgan fingerprint density at radius 1 is 0.284 bits per heavy atom. The third kappa shape index (κ3) is 70.3. The Kier molecular flexibility index (Phi) is 65.2. The normalized spacial score (nSPS) is 14.1. The van der Waals surface area contributed by atoms with Gasteiger partial charge in [-0.2, -0.15) is 0 Å². The third-order valence-electron chi connectivity index (χ3n) is 17.6. The Balaban J connectivity index is 5.14. The Hall–Kier alpha value is -1.94. The molecule has 0 spiro atoms. The lowest BCUT2D eigenvalue weighted by atomic mass is 10.0. The highest BCUT2D eigenvalue weighted by Gasteiger charge is 2.30. The number of phosphoric ester groups is 2. The molecule has 19 heteroatoms. The van der Waals surface area contributed by atoms with Crippen LogP contribution < -0.4 is 0 Å². The number of aliphatic hydroxyl groups excluding tert-OH is 1. The third-order valence-corrected chi connectivity index (χ3v) is 19.5. The maximum Gasteiger partial charge on any atom is 0.472 e. The Morgan fingerprint density at radius 2 is 0.484 bits per heavy atom. The number of hydrogen-bond acceptors (Lipinski definition) is 15. The number of carbonyl (C=O) groups excluding carboxylic acids is 4. The van der Waals surface area contributed by atoms with Crippen molar-refractivity contribution in [2.75, 3.05) is 39.6 Å². The summed E-state index contributed by atoms with van der Waals surface area (Å²) in [5, 5.41) is 10.6. The average Bonchev–Trinajstić information content (AvgIpc) is 2.94. The van der Waals surface area contributed by atoms with Crippen LogP contribution in [0.4, 0.5) is 0 Å². The predicted molar refractivity (Wildman–Crippen MR) is 386 cm³/mol. The van der Waals surface area contributed by atoms with Crippen molar-refractivity contribution < 1.29 is 80.2 Å². The fraction of sp³-hybridized carbons (Fsp3) is 0.947. The lowest BCUT2D eigenvalue weighted by molar-refractivity contribution is -0.161. The summed E-state index contributed by atoms with van der Waals surface area (Å²) in [4.78, 5) is 72.5. The fourth-order valence-corrected chi connectivity index (χ4v) is 13.2.